The van der Waals surface area contributed by atoms with Crippen LogP contribution in [0.1, 0.15) is 45.2 Å². The molecule has 1 N–H and O–H groups in total. The quantitative estimate of drug-likeness (QED) is 0.390. The summed E-state index contributed by atoms with van der Waals surface area (Å²) in [6.07, 6.45) is 6.85. The number of nitrogens with zero attached hydrogens (tertiary/aromatic N) is 4. The number of aryl methyl sites for hydroxylation is 3. The van der Waals surface area contributed by atoms with Crippen molar-refractivity contribution in [2.75, 3.05) is 13.6 Å². The van der Waals surface area contributed by atoms with Gasteiger partial charge in [0.05, 0.1) is 18.8 Å². The van der Waals surface area contributed by atoms with Gasteiger partial charge >= 0.3 is 0 Å². The van der Waals surface area contributed by atoms with Gasteiger partial charge in [0.2, 0.25) is 0 Å². The molecule has 0 bridgehead atoms. The van der Waals surface area contributed by atoms with E-state index >= 15 is 0 Å². The molecule has 0 atom stereocenters. The van der Waals surface area contributed by atoms with Gasteiger partial charge in [-0.25, -0.2) is 15.0 Å². The summed E-state index contributed by atoms with van der Waals surface area (Å²) < 4.78 is 0. The summed E-state index contributed by atoms with van der Waals surface area (Å²) >= 11 is 3.58. The Kier molecular flexibility index (Phi) is 8.08. The summed E-state index contributed by atoms with van der Waals surface area (Å²) in [6.45, 7) is 6.46. The van der Waals surface area contributed by atoms with E-state index in [9.17, 15) is 0 Å². The average Bonchev–Trinajstić information content (AvgIpc) is 3.16. The highest BCUT2D eigenvalue weighted by molar-refractivity contribution is 14.0. The minimum atomic E-state index is 0. The molecule has 0 saturated carbocycles. The number of guanidine groups is 1. The molecular formula is C17H26IN5S2. The molecule has 2 heterocycles. The van der Waals surface area contributed by atoms with Crippen LogP contribution in [0.15, 0.2) is 11.2 Å². The van der Waals surface area contributed by atoms with Crippen molar-refractivity contribution in [1.82, 2.24) is 20.2 Å². The highest BCUT2D eigenvalue weighted by Gasteiger charge is 2.17. The van der Waals surface area contributed by atoms with Gasteiger partial charge in [-0.15, -0.1) is 46.7 Å². The number of hydrogen-bond acceptors (Lipinski definition) is 5. The summed E-state index contributed by atoms with van der Waals surface area (Å²) in [4.78, 5) is 18.8. The van der Waals surface area contributed by atoms with E-state index in [1.165, 1.54) is 39.7 Å². The van der Waals surface area contributed by atoms with Crippen molar-refractivity contribution < 1.29 is 0 Å². The maximum Gasteiger partial charge on any atom is 0.194 e. The van der Waals surface area contributed by atoms with Gasteiger partial charge in [-0.2, -0.15) is 0 Å². The fourth-order valence-electron chi connectivity index (χ4n) is 2.84. The van der Waals surface area contributed by atoms with Crippen LogP contribution in [0.4, 0.5) is 0 Å². The minimum Gasteiger partial charge on any atom is -0.357 e. The Morgan fingerprint density at radius 1 is 1.28 bits per heavy atom. The first-order valence-electron chi connectivity index (χ1n) is 8.54. The number of rotatable bonds is 5. The zero-order valence-corrected chi connectivity index (χ0v) is 19.0. The number of halogens is 1. The van der Waals surface area contributed by atoms with Crippen molar-refractivity contribution >= 4 is 52.6 Å². The van der Waals surface area contributed by atoms with Crippen molar-refractivity contribution in [3.8, 4) is 0 Å². The van der Waals surface area contributed by atoms with Crippen LogP contribution in [0, 0.1) is 6.92 Å². The SMILES string of the molecule is CCNC(=NCc1ncc(C)s1)N(C)Cc1nc2c(s1)CCCC2.I. The molecular weight excluding hydrogens is 465 g/mol. The normalized spacial score (nSPS) is 14.0. The first-order valence-corrected chi connectivity index (χ1v) is 10.2. The van der Waals surface area contributed by atoms with Gasteiger partial charge in [0.15, 0.2) is 5.96 Å². The Bertz CT molecular complexity index is 686. The van der Waals surface area contributed by atoms with Crippen molar-refractivity contribution in [2.24, 2.45) is 4.99 Å². The fraction of sp³-hybridized carbons (Fsp3) is 0.588. The molecule has 0 spiro atoms. The molecule has 0 radical (unpaired) electrons. The van der Waals surface area contributed by atoms with E-state index in [4.69, 9.17) is 9.98 Å². The summed E-state index contributed by atoms with van der Waals surface area (Å²) in [5.41, 5.74) is 1.33. The van der Waals surface area contributed by atoms with E-state index in [1.807, 2.05) is 17.5 Å². The maximum atomic E-state index is 4.84. The average molecular weight is 491 g/mol. The van der Waals surface area contributed by atoms with Gasteiger partial charge in [0.1, 0.15) is 10.0 Å². The lowest BCUT2D eigenvalue weighted by molar-refractivity contribution is 0.474. The standard InChI is InChI=1S/C17H25N5S2.HI/c1-4-18-17(20-10-15-19-9-12(2)23-15)22(3)11-16-21-13-7-5-6-8-14(13)24-16;/h9H,4-8,10-11H2,1-3H3,(H,18,20);1H. The lowest BCUT2D eigenvalue weighted by atomic mass is 10.0. The molecule has 8 heteroatoms. The second-order valence-corrected chi connectivity index (χ2v) is 8.56. The third-order valence-corrected chi connectivity index (χ3v) is 6.03. The first kappa shape index (κ1) is 20.6. The van der Waals surface area contributed by atoms with Gasteiger partial charge < -0.3 is 10.2 Å². The second-order valence-electron chi connectivity index (χ2n) is 6.08. The monoisotopic (exact) mass is 491 g/mol. The Balaban J connectivity index is 0.00000225. The molecule has 3 rings (SSSR count). The van der Waals surface area contributed by atoms with E-state index in [1.54, 1.807) is 11.3 Å². The molecule has 2 aromatic heterocycles. The largest absolute Gasteiger partial charge is 0.357 e. The van der Waals surface area contributed by atoms with E-state index in [-0.39, 0.29) is 24.0 Å². The molecule has 0 fully saturated rings. The number of nitrogens with one attached hydrogen (secondary N) is 1. The molecule has 0 saturated heterocycles. The molecule has 138 valence electrons. The van der Waals surface area contributed by atoms with Crippen LogP contribution in [0.25, 0.3) is 0 Å². The Labute approximate surface area is 175 Å². The van der Waals surface area contributed by atoms with Gasteiger partial charge in [-0.05, 0) is 39.5 Å². The van der Waals surface area contributed by atoms with Crippen LogP contribution < -0.4 is 5.32 Å². The molecule has 2 aromatic rings. The molecule has 1 aliphatic rings. The van der Waals surface area contributed by atoms with Crippen molar-refractivity contribution in [3.63, 3.8) is 0 Å². The topological polar surface area (TPSA) is 53.4 Å². The molecule has 25 heavy (non-hydrogen) atoms. The third kappa shape index (κ3) is 5.62. The smallest absolute Gasteiger partial charge is 0.194 e. The number of fused-ring (bicyclic) bond motifs is 1. The van der Waals surface area contributed by atoms with Crippen LogP contribution in [0.3, 0.4) is 0 Å². The molecule has 1 aliphatic carbocycles. The zero-order chi connectivity index (χ0) is 16.9. The third-order valence-electron chi connectivity index (χ3n) is 3.99. The van der Waals surface area contributed by atoms with E-state index in [0.29, 0.717) is 6.54 Å². The number of thiazole rings is 2. The summed E-state index contributed by atoms with van der Waals surface area (Å²) in [6, 6.07) is 0. The molecule has 5 nitrogen and oxygen atoms in total. The highest BCUT2D eigenvalue weighted by atomic mass is 127. The van der Waals surface area contributed by atoms with Crippen LogP contribution >= 0.6 is 46.7 Å². The Morgan fingerprint density at radius 3 is 2.76 bits per heavy atom. The van der Waals surface area contributed by atoms with Crippen LogP contribution in [0.2, 0.25) is 0 Å². The van der Waals surface area contributed by atoms with Gasteiger partial charge in [0.25, 0.3) is 0 Å². The summed E-state index contributed by atoms with van der Waals surface area (Å²) in [5.74, 6) is 0.915. The predicted molar refractivity (Wildman–Crippen MR) is 117 cm³/mol. The van der Waals surface area contributed by atoms with Gasteiger partial charge in [-0.1, -0.05) is 0 Å². The second kappa shape index (κ2) is 9.82. The van der Waals surface area contributed by atoms with Gasteiger partial charge in [0, 0.05) is 29.5 Å². The molecule has 0 amide bonds. The van der Waals surface area contributed by atoms with E-state index < -0.39 is 0 Å². The first-order chi connectivity index (χ1) is 11.7. The van der Waals surface area contributed by atoms with Crippen LogP contribution in [-0.4, -0.2) is 34.4 Å². The van der Waals surface area contributed by atoms with E-state index in [2.05, 4.69) is 36.1 Å². The number of aromatic nitrogens is 2. The summed E-state index contributed by atoms with van der Waals surface area (Å²) in [5, 5.41) is 5.62. The minimum absolute atomic E-state index is 0. The maximum absolute atomic E-state index is 4.84. The predicted octanol–water partition coefficient (Wildman–Crippen LogP) is 4.00. The van der Waals surface area contributed by atoms with E-state index in [0.717, 1.165) is 30.5 Å². The van der Waals surface area contributed by atoms with Gasteiger partial charge in [-0.3, -0.25) is 0 Å². The lowest BCUT2D eigenvalue weighted by Crippen LogP contribution is -2.38. The van der Waals surface area contributed by atoms with Crippen molar-refractivity contribution in [1.29, 1.82) is 0 Å². The molecule has 0 unspecified atom stereocenters. The molecule has 0 aliphatic heterocycles. The Hall–Kier alpha value is -0.740. The lowest BCUT2D eigenvalue weighted by Gasteiger charge is -2.20. The number of aliphatic imine (C=N–C) groups is 1. The Morgan fingerprint density at radius 2 is 2.08 bits per heavy atom. The van der Waals surface area contributed by atoms with Crippen molar-refractivity contribution in [2.45, 2.75) is 52.6 Å². The van der Waals surface area contributed by atoms with Crippen LogP contribution in [0.5, 0.6) is 0 Å². The van der Waals surface area contributed by atoms with Crippen molar-refractivity contribution in [3.05, 3.63) is 31.7 Å². The zero-order valence-electron chi connectivity index (χ0n) is 15.0. The fourth-order valence-corrected chi connectivity index (χ4v) is 4.76. The summed E-state index contributed by atoms with van der Waals surface area (Å²) in [7, 11) is 2.08. The molecule has 0 aromatic carbocycles. The number of hydrogen-bond donors (Lipinski definition) is 1. The van der Waals surface area contributed by atoms with Crippen LogP contribution in [-0.2, 0) is 25.9 Å². The highest BCUT2D eigenvalue weighted by Crippen LogP contribution is 2.27.